The summed E-state index contributed by atoms with van der Waals surface area (Å²) >= 11 is 0. The molecule has 1 N–H and O–H groups in total. The van der Waals surface area contributed by atoms with Crippen LogP contribution < -0.4 is 10.1 Å². The number of hydrogen-bond acceptors (Lipinski definition) is 4. The number of nitrogens with one attached hydrogen (secondary N) is 1. The lowest BCUT2D eigenvalue weighted by atomic mass is 10.1. The highest BCUT2D eigenvalue weighted by Gasteiger charge is 2.06. The highest BCUT2D eigenvalue weighted by Crippen LogP contribution is 2.19. The maximum absolute atomic E-state index is 5.71. The third-order valence-electron chi connectivity index (χ3n) is 2.97. The van der Waals surface area contributed by atoms with E-state index < -0.39 is 0 Å². The van der Waals surface area contributed by atoms with Crippen molar-refractivity contribution >= 4 is 5.82 Å². The van der Waals surface area contributed by atoms with Gasteiger partial charge in [-0.2, -0.15) is 0 Å². The van der Waals surface area contributed by atoms with Gasteiger partial charge in [-0.15, -0.1) is 0 Å². The van der Waals surface area contributed by atoms with Crippen LogP contribution in [0.15, 0.2) is 36.7 Å². The Hall–Kier alpha value is -2.10. The molecule has 0 aliphatic carbocycles. The van der Waals surface area contributed by atoms with E-state index in [-0.39, 0.29) is 0 Å². The Labute approximate surface area is 113 Å². The fourth-order valence-corrected chi connectivity index (χ4v) is 1.92. The highest BCUT2D eigenvalue weighted by molar-refractivity contribution is 5.46. The molecule has 100 valence electrons. The first kappa shape index (κ1) is 13.3. The van der Waals surface area contributed by atoms with Gasteiger partial charge in [0.1, 0.15) is 12.1 Å². The number of hydrogen-bond donors (Lipinski definition) is 1. The van der Waals surface area contributed by atoms with Gasteiger partial charge in [-0.3, -0.25) is 0 Å². The van der Waals surface area contributed by atoms with Gasteiger partial charge < -0.3 is 10.1 Å². The Kier molecular flexibility index (Phi) is 4.72. The van der Waals surface area contributed by atoms with Gasteiger partial charge >= 0.3 is 0 Å². The highest BCUT2D eigenvalue weighted by atomic mass is 16.5. The number of anilines is 1. The van der Waals surface area contributed by atoms with E-state index in [1.807, 2.05) is 20.0 Å². The zero-order valence-electron chi connectivity index (χ0n) is 11.4. The zero-order valence-corrected chi connectivity index (χ0v) is 11.4. The van der Waals surface area contributed by atoms with Gasteiger partial charge in [0.05, 0.1) is 12.2 Å². The molecule has 2 rings (SSSR count). The van der Waals surface area contributed by atoms with Crippen molar-refractivity contribution in [1.82, 2.24) is 9.97 Å². The van der Waals surface area contributed by atoms with Gasteiger partial charge in [-0.1, -0.05) is 30.3 Å². The van der Waals surface area contributed by atoms with E-state index in [2.05, 4.69) is 39.6 Å². The summed E-state index contributed by atoms with van der Waals surface area (Å²) in [7, 11) is 1.84. The topological polar surface area (TPSA) is 47.0 Å². The minimum Gasteiger partial charge on any atom is -0.477 e. The van der Waals surface area contributed by atoms with Gasteiger partial charge in [0, 0.05) is 7.05 Å². The van der Waals surface area contributed by atoms with Crippen LogP contribution in [0.3, 0.4) is 0 Å². The van der Waals surface area contributed by atoms with E-state index in [4.69, 9.17) is 4.74 Å². The molecule has 0 saturated carbocycles. The number of ether oxygens (including phenoxy) is 1. The standard InChI is InChI=1S/C15H19N3O/c1-12-14(16-2)17-11-18-15(12)19-10-6-9-13-7-4-3-5-8-13/h3-5,7-8,11H,6,9-10H2,1-2H3,(H,16,17,18). The molecule has 4 heteroatoms. The maximum atomic E-state index is 5.71. The first-order chi connectivity index (χ1) is 9.31. The number of rotatable bonds is 6. The first-order valence-electron chi connectivity index (χ1n) is 6.47. The average Bonchev–Trinajstić information content (AvgIpc) is 2.46. The van der Waals surface area contributed by atoms with E-state index in [1.54, 1.807) is 0 Å². The molecule has 0 bridgehead atoms. The molecule has 0 spiro atoms. The smallest absolute Gasteiger partial charge is 0.221 e. The number of aryl methyl sites for hydroxylation is 1. The molecule has 1 heterocycles. The maximum Gasteiger partial charge on any atom is 0.221 e. The van der Waals surface area contributed by atoms with Crippen LogP contribution in [0.1, 0.15) is 17.5 Å². The number of benzene rings is 1. The summed E-state index contributed by atoms with van der Waals surface area (Å²) in [4.78, 5) is 8.29. The molecular formula is C15H19N3O. The van der Waals surface area contributed by atoms with Crippen molar-refractivity contribution in [3.8, 4) is 5.88 Å². The molecule has 0 radical (unpaired) electrons. The second kappa shape index (κ2) is 6.73. The Balaban J connectivity index is 1.83. The lowest BCUT2D eigenvalue weighted by molar-refractivity contribution is 0.296. The Morgan fingerprint density at radius 2 is 1.95 bits per heavy atom. The largest absolute Gasteiger partial charge is 0.477 e. The van der Waals surface area contributed by atoms with Crippen molar-refractivity contribution in [1.29, 1.82) is 0 Å². The van der Waals surface area contributed by atoms with E-state index in [0.717, 1.165) is 24.2 Å². The Morgan fingerprint density at radius 1 is 1.16 bits per heavy atom. The fraction of sp³-hybridized carbons (Fsp3) is 0.333. The van der Waals surface area contributed by atoms with Crippen LogP contribution in [0.5, 0.6) is 5.88 Å². The Bertz CT molecular complexity index is 514. The van der Waals surface area contributed by atoms with Gasteiger partial charge in [-0.25, -0.2) is 9.97 Å². The predicted molar refractivity (Wildman–Crippen MR) is 76.6 cm³/mol. The normalized spacial score (nSPS) is 10.2. The monoisotopic (exact) mass is 257 g/mol. The number of aromatic nitrogens is 2. The summed E-state index contributed by atoms with van der Waals surface area (Å²) in [6.07, 6.45) is 3.51. The molecular weight excluding hydrogens is 238 g/mol. The predicted octanol–water partition coefficient (Wildman–Crippen LogP) is 2.84. The van der Waals surface area contributed by atoms with Crippen LogP contribution in [0.25, 0.3) is 0 Å². The van der Waals surface area contributed by atoms with Crippen LogP contribution in [0, 0.1) is 6.92 Å². The Morgan fingerprint density at radius 3 is 2.68 bits per heavy atom. The quantitative estimate of drug-likeness (QED) is 0.808. The molecule has 19 heavy (non-hydrogen) atoms. The zero-order chi connectivity index (χ0) is 13.5. The fourth-order valence-electron chi connectivity index (χ4n) is 1.92. The lowest BCUT2D eigenvalue weighted by Gasteiger charge is -2.10. The second-order valence-corrected chi connectivity index (χ2v) is 4.34. The molecule has 0 saturated heterocycles. The molecule has 0 amide bonds. The van der Waals surface area contributed by atoms with Crippen LogP contribution in [0.4, 0.5) is 5.82 Å². The molecule has 0 atom stereocenters. The first-order valence-corrected chi connectivity index (χ1v) is 6.47. The van der Waals surface area contributed by atoms with Crippen molar-refractivity contribution in [2.24, 2.45) is 0 Å². The average molecular weight is 257 g/mol. The lowest BCUT2D eigenvalue weighted by Crippen LogP contribution is -2.05. The second-order valence-electron chi connectivity index (χ2n) is 4.34. The number of nitrogens with zero attached hydrogens (tertiary/aromatic N) is 2. The van der Waals surface area contributed by atoms with E-state index in [1.165, 1.54) is 11.9 Å². The summed E-state index contributed by atoms with van der Waals surface area (Å²) in [5, 5.41) is 3.02. The third kappa shape index (κ3) is 3.68. The molecule has 0 unspecified atom stereocenters. The van der Waals surface area contributed by atoms with Crippen molar-refractivity contribution in [2.75, 3.05) is 19.0 Å². The molecule has 2 aromatic rings. The summed E-state index contributed by atoms with van der Waals surface area (Å²) in [5.74, 6) is 1.47. The van der Waals surface area contributed by atoms with Crippen molar-refractivity contribution in [3.63, 3.8) is 0 Å². The van der Waals surface area contributed by atoms with Crippen molar-refractivity contribution < 1.29 is 4.74 Å². The van der Waals surface area contributed by atoms with Crippen LogP contribution in [-0.2, 0) is 6.42 Å². The van der Waals surface area contributed by atoms with Gasteiger partial charge in [0.15, 0.2) is 0 Å². The molecule has 1 aromatic carbocycles. The molecule has 0 fully saturated rings. The minimum absolute atomic E-state index is 0.660. The van der Waals surface area contributed by atoms with E-state index in [0.29, 0.717) is 12.5 Å². The van der Waals surface area contributed by atoms with Crippen molar-refractivity contribution in [2.45, 2.75) is 19.8 Å². The van der Waals surface area contributed by atoms with E-state index in [9.17, 15) is 0 Å². The van der Waals surface area contributed by atoms with Crippen molar-refractivity contribution in [3.05, 3.63) is 47.8 Å². The summed E-state index contributed by atoms with van der Waals surface area (Å²) in [6, 6.07) is 10.4. The summed E-state index contributed by atoms with van der Waals surface area (Å²) in [6.45, 7) is 2.62. The molecule has 1 aromatic heterocycles. The minimum atomic E-state index is 0.660. The van der Waals surface area contributed by atoms with Crippen LogP contribution in [0.2, 0.25) is 0 Å². The molecule has 0 aliphatic rings. The molecule has 4 nitrogen and oxygen atoms in total. The molecule has 0 aliphatic heterocycles. The van der Waals surface area contributed by atoms with Gasteiger partial charge in [0.25, 0.3) is 0 Å². The summed E-state index contributed by atoms with van der Waals surface area (Å²) in [5.41, 5.74) is 2.28. The SMILES string of the molecule is CNc1ncnc(OCCCc2ccccc2)c1C. The van der Waals surface area contributed by atoms with E-state index >= 15 is 0 Å². The van der Waals surface area contributed by atoms with Crippen LogP contribution in [-0.4, -0.2) is 23.6 Å². The van der Waals surface area contributed by atoms with Gasteiger partial charge in [0.2, 0.25) is 5.88 Å². The van der Waals surface area contributed by atoms with Gasteiger partial charge in [-0.05, 0) is 25.3 Å². The van der Waals surface area contributed by atoms with Crippen LogP contribution >= 0.6 is 0 Å². The third-order valence-corrected chi connectivity index (χ3v) is 2.97. The summed E-state index contributed by atoms with van der Waals surface area (Å²) < 4.78 is 5.71.